The standard InChI is InChI=1S/C26H35N5O5/c1-16(2)15-29-23-19(7-8-20(32)30-12-4-9-26(30)10-13-36-14-11-26)17(3)28-31(23)25(35)21(24(29)34)22(33)27-18-5-6-18/h7-8,16,18,34H,4-6,9-15H2,1-3H3,(H,27,33)/b8-7+. The van der Waals surface area contributed by atoms with Gasteiger partial charge in [0.2, 0.25) is 11.8 Å². The molecule has 3 fully saturated rings. The molecule has 2 N–H and O–H groups in total. The summed E-state index contributed by atoms with van der Waals surface area (Å²) in [5.74, 6) is -0.916. The summed E-state index contributed by atoms with van der Waals surface area (Å²) in [6, 6.07) is 0.0408. The number of likely N-dealkylation sites (tertiary alicyclic amines) is 1. The maximum absolute atomic E-state index is 13.3. The summed E-state index contributed by atoms with van der Waals surface area (Å²) in [5.41, 5.74) is 0.370. The second kappa shape index (κ2) is 9.38. The molecule has 5 rings (SSSR count). The second-order valence-electron chi connectivity index (χ2n) is 10.8. The molecule has 10 nitrogen and oxygen atoms in total. The molecule has 2 aliphatic heterocycles. The molecule has 4 heterocycles. The monoisotopic (exact) mass is 497 g/mol. The Morgan fingerprint density at radius 1 is 1.25 bits per heavy atom. The summed E-state index contributed by atoms with van der Waals surface area (Å²) < 4.78 is 8.28. The van der Waals surface area contributed by atoms with Gasteiger partial charge in [0, 0.05) is 49.5 Å². The molecule has 2 aromatic heterocycles. The van der Waals surface area contributed by atoms with Gasteiger partial charge in [-0.25, -0.2) is 0 Å². The SMILES string of the molecule is Cc1nn2c(=O)c(C(=O)NC3CC3)c(O)n(CC(C)C)c2c1/C=C/C(=O)N1CCCC12CCOCC2. The fraction of sp³-hybridized carbons (Fsp3) is 0.615. The maximum Gasteiger partial charge on any atom is 0.291 e. The van der Waals surface area contributed by atoms with E-state index in [1.165, 1.54) is 4.52 Å². The molecule has 36 heavy (non-hydrogen) atoms. The Kier molecular flexibility index (Phi) is 6.40. The highest BCUT2D eigenvalue weighted by Gasteiger charge is 2.43. The van der Waals surface area contributed by atoms with E-state index < -0.39 is 11.5 Å². The van der Waals surface area contributed by atoms with Crippen LogP contribution >= 0.6 is 0 Å². The van der Waals surface area contributed by atoms with Gasteiger partial charge in [0.05, 0.1) is 5.69 Å². The number of rotatable bonds is 6. The van der Waals surface area contributed by atoms with Crippen LogP contribution in [0.2, 0.25) is 0 Å². The summed E-state index contributed by atoms with van der Waals surface area (Å²) in [6.07, 6.45) is 8.61. The average Bonchev–Trinajstić information content (AvgIpc) is 3.46. The number of nitrogens with zero attached hydrogens (tertiary/aromatic N) is 4. The average molecular weight is 498 g/mol. The number of hydrogen-bond acceptors (Lipinski definition) is 6. The van der Waals surface area contributed by atoms with Crippen molar-refractivity contribution in [3.8, 4) is 5.88 Å². The van der Waals surface area contributed by atoms with Crippen molar-refractivity contribution in [3.05, 3.63) is 33.3 Å². The smallest absolute Gasteiger partial charge is 0.291 e. The first-order valence-corrected chi connectivity index (χ1v) is 13.0. The molecule has 0 aromatic carbocycles. The van der Waals surface area contributed by atoms with E-state index in [9.17, 15) is 19.5 Å². The lowest BCUT2D eigenvalue weighted by molar-refractivity contribution is -0.133. The number of nitrogens with one attached hydrogen (secondary N) is 1. The molecule has 0 bridgehead atoms. The van der Waals surface area contributed by atoms with Gasteiger partial charge >= 0.3 is 0 Å². The van der Waals surface area contributed by atoms with Crippen molar-refractivity contribution in [1.82, 2.24) is 24.4 Å². The van der Waals surface area contributed by atoms with Crippen LogP contribution in [0.3, 0.4) is 0 Å². The van der Waals surface area contributed by atoms with Crippen LogP contribution < -0.4 is 10.9 Å². The molecule has 2 aromatic rings. The summed E-state index contributed by atoms with van der Waals surface area (Å²) >= 11 is 0. The Labute approximate surface area is 209 Å². The zero-order chi connectivity index (χ0) is 25.6. The maximum atomic E-state index is 13.3. The van der Waals surface area contributed by atoms with Crippen molar-refractivity contribution in [1.29, 1.82) is 0 Å². The minimum atomic E-state index is -0.671. The van der Waals surface area contributed by atoms with E-state index in [0.29, 0.717) is 36.7 Å². The van der Waals surface area contributed by atoms with Crippen LogP contribution in [0.4, 0.5) is 0 Å². The molecular weight excluding hydrogens is 462 g/mol. The Morgan fingerprint density at radius 3 is 2.64 bits per heavy atom. The van der Waals surface area contributed by atoms with Crippen LogP contribution in [0.15, 0.2) is 10.9 Å². The number of fused-ring (bicyclic) bond motifs is 1. The highest BCUT2D eigenvalue weighted by molar-refractivity contribution is 5.97. The Hall–Kier alpha value is -3.14. The highest BCUT2D eigenvalue weighted by Crippen LogP contribution is 2.38. The van der Waals surface area contributed by atoms with Gasteiger partial charge < -0.3 is 20.1 Å². The van der Waals surface area contributed by atoms with Gasteiger partial charge in [-0.05, 0) is 57.4 Å². The fourth-order valence-electron chi connectivity index (χ4n) is 5.58. The van der Waals surface area contributed by atoms with Crippen molar-refractivity contribution < 1.29 is 19.4 Å². The zero-order valence-corrected chi connectivity index (χ0v) is 21.2. The zero-order valence-electron chi connectivity index (χ0n) is 21.2. The number of aromatic nitrogens is 3. The van der Waals surface area contributed by atoms with Crippen molar-refractivity contribution in [2.24, 2.45) is 5.92 Å². The summed E-state index contributed by atoms with van der Waals surface area (Å²) in [6.45, 7) is 8.15. The number of ether oxygens (including phenoxy) is 1. The molecule has 2 amide bonds. The number of carbonyl (C=O) groups is 2. The lowest BCUT2D eigenvalue weighted by Gasteiger charge is -2.41. The number of amides is 2. The van der Waals surface area contributed by atoms with Gasteiger partial charge in [0.25, 0.3) is 11.5 Å². The first-order valence-electron chi connectivity index (χ1n) is 13.0. The number of aryl methyl sites for hydroxylation is 1. The van der Waals surface area contributed by atoms with Gasteiger partial charge in [0.15, 0.2) is 5.56 Å². The van der Waals surface area contributed by atoms with Crippen molar-refractivity contribution >= 4 is 23.5 Å². The minimum Gasteiger partial charge on any atom is -0.494 e. The third kappa shape index (κ3) is 4.31. The van der Waals surface area contributed by atoms with E-state index in [1.807, 2.05) is 18.7 Å². The third-order valence-corrected chi connectivity index (χ3v) is 7.59. The largest absolute Gasteiger partial charge is 0.494 e. The van der Waals surface area contributed by atoms with Crippen LogP contribution in [0.1, 0.15) is 74.0 Å². The molecule has 0 atom stereocenters. The van der Waals surface area contributed by atoms with Gasteiger partial charge in [-0.1, -0.05) is 13.8 Å². The third-order valence-electron chi connectivity index (χ3n) is 7.59. The predicted octanol–water partition coefficient (Wildman–Crippen LogP) is 2.24. The Bertz CT molecular complexity index is 1280. The highest BCUT2D eigenvalue weighted by atomic mass is 16.5. The minimum absolute atomic E-state index is 0.0408. The fourth-order valence-corrected chi connectivity index (χ4v) is 5.58. The van der Waals surface area contributed by atoms with Crippen molar-refractivity contribution in [2.45, 2.75) is 77.4 Å². The first kappa shape index (κ1) is 24.5. The van der Waals surface area contributed by atoms with Gasteiger partial charge in [-0.3, -0.25) is 19.0 Å². The molecular formula is C26H35N5O5. The van der Waals surface area contributed by atoms with E-state index in [2.05, 4.69) is 10.4 Å². The first-order chi connectivity index (χ1) is 17.2. The van der Waals surface area contributed by atoms with Crippen LogP contribution in [-0.2, 0) is 16.1 Å². The van der Waals surface area contributed by atoms with Crippen molar-refractivity contribution in [2.75, 3.05) is 19.8 Å². The second-order valence-corrected chi connectivity index (χ2v) is 10.8. The van der Waals surface area contributed by atoms with Crippen molar-refractivity contribution in [3.63, 3.8) is 0 Å². The van der Waals surface area contributed by atoms with Crippen LogP contribution in [-0.4, -0.2) is 67.3 Å². The Balaban J connectivity index is 1.55. The lowest BCUT2D eigenvalue weighted by Crippen LogP contribution is -2.50. The van der Waals surface area contributed by atoms with Gasteiger partial charge in [-0.15, -0.1) is 0 Å². The van der Waals surface area contributed by atoms with Gasteiger partial charge in [-0.2, -0.15) is 9.61 Å². The van der Waals surface area contributed by atoms with E-state index >= 15 is 0 Å². The molecule has 1 spiro atoms. The van der Waals surface area contributed by atoms with Gasteiger partial charge in [0.1, 0.15) is 5.65 Å². The Morgan fingerprint density at radius 2 is 1.97 bits per heavy atom. The number of carbonyl (C=O) groups excluding carboxylic acids is 2. The quantitative estimate of drug-likeness (QED) is 0.591. The molecule has 194 valence electrons. The van der Waals surface area contributed by atoms with E-state index in [1.54, 1.807) is 23.6 Å². The molecule has 0 radical (unpaired) electrons. The van der Waals surface area contributed by atoms with E-state index in [-0.39, 0.29) is 34.8 Å². The number of hydrogen-bond donors (Lipinski definition) is 2. The molecule has 10 heteroatoms. The topological polar surface area (TPSA) is 118 Å². The normalized spacial score (nSPS) is 19.7. The molecule has 1 saturated carbocycles. The summed E-state index contributed by atoms with van der Waals surface area (Å²) in [7, 11) is 0. The number of aromatic hydroxyl groups is 1. The predicted molar refractivity (Wildman–Crippen MR) is 134 cm³/mol. The van der Waals surface area contributed by atoms with Crippen LogP contribution in [0, 0.1) is 12.8 Å². The van der Waals surface area contributed by atoms with E-state index in [0.717, 1.165) is 45.1 Å². The molecule has 1 aliphatic carbocycles. The molecule has 0 unspecified atom stereocenters. The van der Waals surface area contributed by atoms with Crippen LogP contribution in [0.25, 0.3) is 11.7 Å². The molecule has 3 aliphatic rings. The van der Waals surface area contributed by atoms with E-state index in [4.69, 9.17) is 4.74 Å². The lowest BCUT2D eigenvalue weighted by atomic mass is 9.87. The summed E-state index contributed by atoms with van der Waals surface area (Å²) in [5, 5.41) is 18.3. The summed E-state index contributed by atoms with van der Waals surface area (Å²) in [4.78, 5) is 41.4. The molecule has 2 saturated heterocycles. The van der Waals surface area contributed by atoms with Crippen LogP contribution in [0.5, 0.6) is 5.88 Å².